The minimum absolute atomic E-state index is 0.238. The van der Waals surface area contributed by atoms with Gasteiger partial charge in [-0.25, -0.2) is 9.07 Å². The molecule has 17 heavy (non-hydrogen) atoms. The molecule has 0 unspecified atom stereocenters. The highest BCUT2D eigenvalue weighted by molar-refractivity contribution is 5.45. The predicted octanol–water partition coefficient (Wildman–Crippen LogP) is 2.17. The maximum atomic E-state index is 13.5. The van der Waals surface area contributed by atoms with E-state index in [1.165, 1.54) is 6.07 Å². The van der Waals surface area contributed by atoms with Crippen LogP contribution in [0.5, 0.6) is 0 Å². The van der Waals surface area contributed by atoms with Gasteiger partial charge in [-0.15, -0.1) is 5.10 Å². The van der Waals surface area contributed by atoms with E-state index >= 15 is 0 Å². The second kappa shape index (κ2) is 3.55. The molecule has 1 heterocycles. The molecule has 5 heteroatoms. The molecule has 0 radical (unpaired) electrons. The molecule has 0 aliphatic heterocycles. The van der Waals surface area contributed by atoms with E-state index in [-0.39, 0.29) is 5.82 Å². The van der Waals surface area contributed by atoms with Crippen LogP contribution in [0.1, 0.15) is 30.0 Å². The van der Waals surface area contributed by atoms with Gasteiger partial charge in [-0.3, -0.25) is 0 Å². The van der Waals surface area contributed by atoms with Crippen LogP contribution in [-0.4, -0.2) is 15.0 Å². The van der Waals surface area contributed by atoms with Gasteiger partial charge >= 0.3 is 0 Å². The smallest absolute Gasteiger partial charge is 0.169 e. The molecule has 1 aromatic heterocycles. The molecule has 0 saturated heterocycles. The van der Waals surface area contributed by atoms with Crippen LogP contribution in [0.25, 0.3) is 5.69 Å². The quantitative estimate of drug-likeness (QED) is 0.863. The summed E-state index contributed by atoms with van der Waals surface area (Å²) >= 11 is 0. The minimum atomic E-state index is -0.238. The number of hydrogen-bond donors (Lipinski definition) is 1. The number of nitrogens with zero attached hydrogens (tertiary/aromatic N) is 3. The van der Waals surface area contributed by atoms with E-state index < -0.39 is 0 Å². The average molecular weight is 232 g/mol. The van der Waals surface area contributed by atoms with Gasteiger partial charge in [0.05, 0.1) is 11.4 Å². The Morgan fingerprint density at radius 3 is 2.82 bits per heavy atom. The van der Waals surface area contributed by atoms with Crippen LogP contribution in [0.15, 0.2) is 18.2 Å². The molecule has 4 nitrogen and oxygen atoms in total. The Labute approximate surface area is 98.2 Å². The molecule has 0 amide bonds. The molecule has 88 valence electrons. The van der Waals surface area contributed by atoms with Crippen LogP contribution in [0.3, 0.4) is 0 Å². The summed E-state index contributed by atoms with van der Waals surface area (Å²) < 4.78 is 15.2. The fourth-order valence-corrected chi connectivity index (χ4v) is 1.94. The Morgan fingerprint density at radius 2 is 2.18 bits per heavy atom. The molecule has 1 fully saturated rings. The first kappa shape index (κ1) is 10.3. The van der Waals surface area contributed by atoms with Crippen LogP contribution < -0.4 is 5.73 Å². The Balaban J connectivity index is 2.11. The number of aromatic nitrogens is 3. The lowest BCUT2D eigenvalue weighted by atomic mass is 10.2. The molecule has 1 aliphatic rings. The van der Waals surface area contributed by atoms with E-state index in [1.54, 1.807) is 17.7 Å². The number of aryl methyl sites for hydroxylation is 1. The lowest BCUT2D eigenvalue weighted by Crippen LogP contribution is -2.03. The second-order valence-electron chi connectivity index (χ2n) is 4.48. The topological polar surface area (TPSA) is 56.7 Å². The van der Waals surface area contributed by atoms with E-state index in [0.717, 1.165) is 18.5 Å². The number of nitrogen functional groups attached to an aromatic ring is 1. The summed E-state index contributed by atoms with van der Waals surface area (Å²) in [4.78, 5) is 0. The van der Waals surface area contributed by atoms with Gasteiger partial charge in [0.25, 0.3) is 0 Å². The number of rotatable bonds is 2. The van der Waals surface area contributed by atoms with Crippen molar-refractivity contribution in [1.29, 1.82) is 0 Å². The fourth-order valence-electron chi connectivity index (χ4n) is 1.94. The minimum Gasteiger partial charge on any atom is -0.381 e. The zero-order chi connectivity index (χ0) is 12.0. The summed E-state index contributed by atoms with van der Waals surface area (Å²) in [6.07, 6.45) is 2.21. The number of hydrogen-bond acceptors (Lipinski definition) is 3. The summed E-state index contributed by atoms with van der Waals surface area (Å²) in [6, 6.07) is 5.03. The summed E-state index contributed by atoms with van der Waals surface area (Å²) in [5.41, 5.74) is 8.01. The molecule has 0 atom stereocenters. The zero-order valence-corrected chi connectivity index (χ0v) is 9.52. The normalized spacial score (nSPS) is 15.2. The van der Waals surface area contributed by atoms with Crippen LogP contribution in [0.2, 0.25) is 0 Å². The first-order chi connectivity index (χ1) is 8.16. The molecule has 1 aliphatic carbocycles. The monoisotopic (exact) mass is 232 g/mol. The van der Waals surface area contributed by atoms with Crippen molar-refractivity contribution >= 4 is 5.82 Å². The maximum Gasteiger partial charge on any atom is 0.169 e. The molecule has 2 N–H and O–H groups in total. The molecule has 3 rings (SSSR count). The molecule has 0 spiro atoms. The molecule has 0 bridgehead atoms. The Bertz CT molecular complexity index is 572. The van der Waals surface area contributed by atoms with Crippen molar-refractivity contribution in [2.24, 2.45) is 0 Å². The van der Waals surface area contributed by atoms with Crippen LogP contribution in [0.4, 0.5) is 10.2 Å². The molecule has 1 saturated carbocycles. The third kappa shape index (κ3) is 1.67. The second-order valence-corrected chi connectivity index (χ2v) is 4.48. The van der Waals surface area contributed by atoms with Crippen LogP contribution in [0, 0.1) is 12.7 Å². The highest BCUT2D eigenvalue weighted by Crippen LogP contribution is 2.42. The summed E-state index contributed by atoms with van der Waals surface area (Å²) in [5.74, 6) is 0.640. The lowest BCUT2D eigenvalue weighted by Gasteiger charge is -2.06. The Kier molecular flexibility index (Phi) is 2.14. The van der Waals surface area contributed by atoms with Crippen molar-refractivity contribution in [3.63, 3.8) is 0 Å². The van der Waals surface area contributed by atoms with Crippen molar-refractivity contribution in [1.82, 2.24) is 15.0 Å². The van der Waals surface area contributed by atoms with Crippen molar-refractivity contribution < 1.29 is 4.39 Å². The third-order valence-corrected chi connectivity index (χ3v) is 3.10. The Hall–Kier alpha value is -1.91. The number of anilines is 1. The van der Waals surface area contributed by atoms with Gasteiger partial charge in [0.2, 0.25) is 0 Å². The largest absolute Gasteiger partial charge is 0.381 e. The molecular weight excluding hydrogens is 219 g/mol. The third-order valence-electron chi connectivity index (χ3n) is 3.10. The van der Waals surface area contributed by atoms with Gasteiger partial charge in [-0.2, -0.15) is 0 Å². The van der Waals surface area contributed by atoms with E-state index in [9.17, 15) is 4.39 Å². The highest BCUT2D eigenvalue weighted by atomic mass is 19.1. The van der Waals surface area contributed by atoms with Crippen LogP contribution in [-0.2, 0) is 0 Å². The number of nitrogens with two attached hydrogens (primary N) is 1. The van der Waals surface area contributed by atoms with Crippen molar-refractivity contribution in [3.8, 4) is 5.69 Å². The van der Waals surface area contributed by atoms with Crippen molar-refractivity contribution in [3.05, 3.63) is 35.3 Å². The molecule has 2 aromatic rings. The summed E-state index contributed by atoms with van der Waals surface area (Å²) in [7, 11) is 0. The summed E-state index contributed by atoms with van der Waals surface area (Å²) in [5, 5.41) is 7.87. The SMILES string of the molecule is Cc1ccc(-n2nnc(N)c2C2CC2)cc1F. The highest BCUT2D eigenvalue weighted by Gasteiger charge is 2.31. The standard InChI is InChI=1S/C12H13FN4/c1-7-2-5-9(6-10(7)13)17-11(8-3-4-8)12(14)15-16-17/h2,5-6,8H,3-4,14H2,1H3. The zero-order valence-electron chi connectivity index (χ0n) is 9.52. The lowest BCUT2D eigenvalue weighted by molar-refractivity contribution is 0.614. The molecular formula is C12H13FN4. The van der Waals surface area contributed by atoms with Gasteiger partial charge in [0.15, 0.2) is 5.82 Å². The van der Waals surface area contributed by atoms with E-state index in [4.69, 9.17) is 5.73 Å². The van der Waals surface area contributed by atoms with Crippen LogP contribution >= 0.6 is 0 Å². The average Bonchev–Trinajstić information content (AvgIpc) is 3.06. The van der Waals surface area contributed by atoms with Crippen molar-refractivity contribution in [2.75, 3.05) is 5.73 Å². The van der Waals surface area contributed by atoms with Crippen molar-refractivity contribution in [2.45, 2.75) is 25.7 Å². The number of halogens is 1. The van der Waals surface area contributed by atoms with E-state index in [2.05, 4.69) is 10.3 Å². The van der Waals surface area contributed by atoms with E-state index in [1.807, 2.05) is 6.07 Å². The fraction of sp³-hybridized carbons (Fsp3) is 0.333. The van der Waals surface area contributed by atoms with Gasteiger partial charge in [0.1, 0.15) is 5.82 Å². The van der Waals surface area contributed by atoms with Gasteiger partial charge in [-0.1, -0.05) is 11.3 Å². The number of benzene rings is 1. The molecule has 1 aromatic carbocycles. The first-order valence-electron chi connectivity index (χ1n) is 5.64. The Morgan fingerprint density at radius 1 is 1.41 bits per heavy atom. The van der Waals surface area contributed by atoms with E-state index in [0.29, 0.717) is 23.0 Å². The van der Waals surface area contributed by atoms with Gasteiger partial charge in [-0.05, 0) is 37.5 Å². The maximum absolute atomic E-state index is 13.5. The van der Waals surface area contributed by atoms with Gasteiger partial charge in [0, 0.05) is 5.92 Å². The predicted molar refractivity (Wildman–Crippen MR) is 62.4 cm³/mol. The summed E-state index contributed by atoms with van der Waals surface area (Å²) in [6.45, 7) is 1.73. The van der Waals surface area contributed by atoms with Gasteiger partial charge < -0.3 is 5.73 Å². The first-order valence-corrected chi connectivity index (χ1v) is 5.64.